The fraction of sp³-hybridized carbons (Fsp3) is 0.889. The molecule has 0 radical (unpaired) electrons. The van der Waals surface area contributed by atoms with Gasteiger partial charge in [-0.15, -0.1) is 0 Å². The van der Waals surface area contributed by atoms with Crippen molar-refractivity contribution >= 4 is 11.9 Å². The maximum absolute atomic E-state index is 12.1. The highest BCUT2D eigenvalue weighted by Gasteiger charge is 2.43. The highest BCUT2D eigenvalue weighted by molar-refractivity contribution is 5.84. The number of aliphatic carboxylic acids is 1. The molecule has 1 aliphatic carbocycles. The zero-order chi connectivity index (χ0) is 16.4. The van der Waals surface area contributed by atoms with Crippen molar-refractivity contribution in [2.24, 2.45) is 11.3 Å². The second-order valence-electron chi connectivity index (χ2n) is 7.99. The fourth-order valence-corrected chi connectivity index (χ4v) is 4.71. The van der Waals surface area contributed by atoms with Crippen LogP contribution in [0.5, 0.6) is 0 Å². The van der Waals surface area contributed by atoms with Gasteiger partial charge >= 0.3 is 5.97 Å². The number of amides is 1. The number of rotatable bonds is 4. The third-order valence-electron chi connectivity index (χ3n) is 6.43. The summed E-state index contributed by atoms with van der Waals surface area (Å²) in [5.41, 5.74) is 0.157. The van der Waals surface area contributed by atoms with Crippen LogP contribution in [-0.4, -0.2) is 59.0 Å². The first-order valence-corrected chi connectivity index (χ1v) is 9.24. The van der Waals surface area contributed by atoms with Crippen molar-refractivity contribution in [1.29, 1.82) is 0 Å². The Labute approximate surface area is 139 Å². The summed E-state index contributed by atoms with van der Waals surface area (Å²) in [6, 6.07) is -0.698. The van der Waals surface area contributed by atoms with Gasteiger partial charge < -0.3 is 14.9 Å². The average molecular weight is 322 g/mol. The molecule has 0 bridgehead atoms. The largest absolute Gasteiger partial charge is 0.480 e. The van der Waals surface area contributed by atoms with E-state index in [2.05, 4.69) is 4.90 Å². The molecule has 2 aliphatic heterocycles. The van der Waals surface area contributed by atoms with E-state index in [-0.39, 0.29) is 11.3 Å². The molecule has 2 saturated heterocycles. The molecule has 5 heteroatoms. The van der Waals surface area contributed by atoms with Crippen molar-refractivity contribution in [3.05, 3.63) is 0 Å². The quantitative estimate of drug-likeness (QED) is 0.863. The van der Waals surface area contributed by atoms with E-state index < -0.39 is 12.0 Å². The van der Waals surface area contributed by atoms with E-state index in [0.29, 0.717) is 13.0 Å². The van der Waals surface area contributed by atoms with Crippen molar-refractivity contribution < 1.29 is 14.7 Å². The number of hydrogen-bond donors (Lipinski definition) is 1. The van der Waals surface area contributed by atoms with Gasteiger partial charge in [0.15, 0.2) is 0 Å². The minimum atomic E-state index is -0.894. The van der Waals surface area contributed by atoms with Crippen LogP contribution in [0, 0.1) is 11.3 Å². The first-order valence-electron chi connectivity index (χ1n) is 9.24. The second kappa shape index (κ2) is 6.80. The number of carboxylic acid groups (broad SMARTS) is 1. The molecule has 3 rings (SSSR count). The molecule has 23 heavy (non-hydrogen) atoms. The number of carbonyl (C=O) groups is 2. The lowest BCUT2D eigenvalue weighted by atomic mass is 9.72. The van der Waals surface area contributed by atoms with Crippen LogP contribution in [0.15, 0.2) is 0 Å². The van der Waals surface area contributed by atoms with Crippen LogP contribution in [0.1, 0.15) is 58.3 Å². The molecule has 3 aliphatic rings. The lowest BCUT2D eigenvalue weighted by molar-refractivity contribution is -0.155. The molecule has 3 fully saturated rings. The van der Waals surface area contributed by atoms with Gasteiger partial charge in [0.2, 0.25) is 5.91 Å². The molecule has 1 unspecified atom stereocenters. The fourth-order valence-electron chi connectivity index (χ4n) is 4.71. The Bertz CT molecular complexity index is 451. The molecule has 1 amide bonds. The molecule has 1 N–H and O–H groups in total. The maximum atomic E-state index is 12.1. The summed E-state index contributed by atoms with van der Waals surface area (Å²) in [4.78, 5) is 27.6. The van der Waals surface area contributed by atoms with Crippen LogP contribution in [0.2, 0.25) is 0 Å². The van der Waals surface area contributed by atoms with Gasteiger partial charge in [-0.3, -0.25) is 4.79 Å². The Hall–Kier alpha value is -1.10. The predicted octanol–water partition coefficient (Wildman–Crippen LogP) is 2.35. The van der Waals surface area contributed by atoms with Gasteiger partial charge in [-0.1, -0.05) is 12.8 Å². The van der Waals surface area contributed by atoms with Crippen molar-refractivity contribution in [2.75, 3.05) is 26.2 Å². The molecule has 1 saturated carbocycles. The average Bonchev–Trinajstić information content (AvgIpc) is 3.04. The van der Waals surface area contributed by atoms with Gasteiger partial charge in [0.1, 0.15) is 6.04 Å². The van der Waals surface area contributed by atoms with Crippen molar-refractivity contribution in [3.8, 4) is 0 Å². The number of likely N-dealkylation sites (tertiary alicyclic amines) is 2. The second-order valence-corrected chi connectivity index (χ2v) is 7.99. The number of hydrogen-bond acceptors (Lipinski definition) is 3. The zero-order valence-corrected chi connectivity index (χ0v) is 14.3. The maximum Gasteiger partial charge on any atom is 0.326 e. The van der Waals surface area contributed by atoms with Crippen molar-refractivity contribution in [3.63, 3.8) is 0 Å². The Morgan fingerprint density at radius 3 is 2.52 bits per heavy atom. The molecule has 5 nitrogen and oxygen atoms in total. The van der Waals surface area contributed by atoms with Crippen LogP contribution < -0.4 is 0 Å². The summed E-state index contributed by atoms with van der Waals surface area (Å²) in [5.74, 6) is 0.00787. The Balaban J connectivity index is 1.56. The first kappa shape index (κ1) is 16.7. The molecule has 0 aromatic carbocycles. The molecular formula is C18H30N2O3. The monoisotopic (exact) mass is 322 g/mol. The van der Waals surface area contributed by atoms with E-state index in [9.17, 15) is 14.7 Å². The number of nitrogens with zero attached hydrogens (tertiary/aromatic N) is 2. The lowest BCUT2D eigenvalue weighted by Gasteiger charge is -2.48. The van der Waals surface area contributed by atoms with Crippen molar-refractivity contribution in [1.82, 2.24) is 9.80 Å². The summed E-state index contributed by atoms with van der Waals surface area (Å²) in [6.45, 7) is 5.73. The van der Waals surface area contributed by atoms with E-state index in [1.807, 2.05) is 0 Å². The highest BCUT2D eigenvalue weighted by Crippen LogP contribution is 2.41. The minimum absolute atomic E-state index is 0.0129. The van der Waals surface area contributed by atoms with Gasteiger partial charge in [-0.05, 0) is 63.5 Å². The van der Waals surface area contributed by atoms with Crippen LogP contribution in [0.3, 0.4) is 0 Å². The normalized spacial score (nSPS) is 27.5. The Kier molecular flexibility index (Phi) is 4.95. The number of carboxylic acids is 1. The standard InChI is InChI=1S/C18H30N2O3/c1-14(17(22)23)20-13-18(7-6-16(20)21)8-10-19(11-9-18)12-15-4-2-3-5-15/h14-15H,2-13H2,1H3,(H,22,23). The van der Waals surface area contributed by atoms with Gasteiger partial charge in [-0.2, -0.15) is 0 Å². The van der Waals surface area contributed by atoms with Gasteiger partial charge in [0.05, 0.1) is 0 Å². The summed E-state index contributed by atoms with van der Waals surface area (Å²) in [5, 5.41) is 9.24. The SMILES string of the molecule is CC(C(=O)O)N1CC2(CCC1=O)CCN(CC1CCCC1)CC2. The molecule has 0 aromatic heterocycles. The number of piperidine rings is 2. The van der Waals surface area contributed by atoms with E-state index in [1.54, 1.807) is 11.8 Å². The Morgan fingerprint density at radius 2 is 1.91 bits per heavy atom. The highest BCUT2D eigenvalue weighted by atomic mass is 16.4. The molecule has 0 aromatic rings. The molecule has 1 spiro atoms. The van der Waals surface area contributed by atoms with Crippen molar-refractivity contribution in [2.45, 2.75) is 64.3 Å². The topological polar surface area (TPSA) is 60.9 Å². The predicted molar refractivity (Wildman–Crippen MR) is 88.1 cm³/mol. The third kappa shape index (κ3) is 3.70. The van der Waals surface area contributed by atoms with Gasteiger partial charge in [-0.25, -0.2) is 4.79 Å². The smallest absolute Gasteiger partial charge is 0.326 e. The molecule has 2 heterocycles. The van der Waals surface area contributed by atoms with Crippen LogP contribution in [0.4, 0.5) is 0 Å². The van der Waals surface area contributed by atoms with Gasteiger partial charge in [0, 0.05) is 19.5 Å². The van der Waals surface area contributed by atoms with E-state index in [0.717, 1.165) is 38.3 Å². The first-order chi connectivity index (χ1) is 11.0. The lowest BCUT2D eigenvalue weighted by Crippen LogP contribution is -2.55. The van der Waals surface area contributed by atoms with Crippen LogP contribution in [-0.2, 0) is 9.59 Å². The Morgan fingerprint density at radius 1 is 1.26 bits per heavy atom. The van der Waals surface area contributed by atoms with E-state index in [4.69, 9.17) is 0 Å². The zero-order valence-electron chi connectivity index (χ0n) is 14.3. The van der Waals surface area contributed by atoms with E-state index in [1.165, 1.54) is 32.2 Å². The number of carbonyl (C=O) groups excluding carboxylic acids is 1. The summed E-state index contributed by atoms with van der Waals surface area (Å²) in [7, 11) is 0. The third-order valence-corrected chi connectivity index (χ3v) is 6.43. The summed E-state index contributed by atoms with van der Waals surface area (Å²) < 4.78 is 0. The van der Waals surface area contributed by atoms with Crippen LogP contribution in [0.25, 0.3) is 0 Å². The summed E-state index contributed by atoms with van der Waals surface area (Å²) in [6.07, 6.45) is 9.23. The van der Waals surface area contributed by atoms with Crippen LogP contribution >= 0.6 is 0 Å². The van der Waals surface area contributed by atoms with E-state index >= 15 is 0 Å². The van der Waals surface area contributed by atoms with Gasteiger partial charge in [0.25, 0.3) is 0 Å². The molecule has 1 atom stereocenters. The molecule has 130 valence electrons. The molecular weight excluding hydrogens is 292 g/mol. The summed E-state index contributed by atoms with van der Waals surface area (Å²) >= 11 is 0. The minimum Gasteiger partial charge on any atom is -0.480 e.